The third kappa shape index (κ3) is 3.49. The topological polar surface area (TPSA) is 63.3 Å². The fraction of sp³-hybridized carbons (Fsp3) is 0.278. The molecule has 1 aromatic carbocycles. The number of halogens is 4. The van der Waals surface area contributed by atoms with Gasteiger partial charge < -0.3 is 5.21 Å². The van der Waals surface area contributed by atoms with Crippen molar-refractivity contribution in [3.8, 4) is 22.6 Å². The van der Waals surface area contributed by atoms with E-state index in [2.05, 4.69) is 15.0 Å². The van der Waals surface area contributed by atoms with Gasteiger partial charge in [0.25, 0.3) is 0 Å². The van der Waals surface area contributed by atoms with Gasteiger partial charge in [0.05, 0.1) is 28.7 Å². The molecule has 2 aliphatic heterocycles. The number of nitrogens with zero attached hydrogens (tertiary/aromatic N) is 4. The molecule has 3 rings (SSSR count). The Kier molecular flexibility index (Phi) is 5.10. The lowest BCUT2D eigenvalue weighted by Crippen LogP contribution is -2.23. The van der Waals surface area contributed by atoms with E-state index in [1.54, 1.807) is 0 Å². The molecule has 1 N–H and O–H groups in total. The normalized spacial score (nSPS) is 13.6. The fourth-order valence-corrected chi connectivity index (χ4v) is 2.79. The molecule has 0 spiro atoms. The van der Waals surface area contributed by atoms with Crippen molar-refractivity contribution >= 4 is 11.6 Å². The fourth-order valence-electron chi connectivity index (χ4n) is 2.53. The van der Waals surface area contributed by atoms with Gasteiger partial charge in [-0.25, -0.2) is 23.1 Å². The Morgan fingerprint density at radius 3 is 2.33 bits per heavy atom. The highest BCUT2D eigenvalue weighted by atomic mass is 35.5. The van der Waals surface area contributed by atoms with Crippen molar-refractivity contribution < 1.29 is 18.4 Å². The zero-order valence-corrected chi connectivity index (χ0v) is 15.5. The molecule has 5 nitrogen and oxygen atoms in total. The van der Waals surface area contributed by atoms with Gasteiger partial charge in [-0.15, -0.1) is 0 Å². The highest BCUT2D eigenvalue weighted by molar-refractivity contribution is 6.32. The molecule has 27 heavy (non-hydrogen) atoms. The van der Waals surface area contributed by atoms with Gasteiger partial charge in [0.15, 0.2) is 5.82 Å². The minimum Gasteiger partial charge on any atom is -0.427 e. The molecule has 2 aliphatic rings. The van der Waals surface area contributed by atoms with E-state index in [1.165, 1.54) is 12.4 Å². The Hall–Kier alpha value is -2.61. The maximum absolute atomic E-state index is 14.4. The van der Waals surface area contributed by atoms with E-state index in [0.717, 1.165) is 0 Å². The molecule has 0 bridgehead atoms. The van der Waals surface area contributed by atoms with Gasteiger partial charge in [0.1, 0.15) is 28.3 Å². The Labute approximate surface area is 158 Å². The van der Waals surface area contributed by atoms with Crippen molar-refractivity contribution in [2.24, 2.45) is 10.9 Å². The standard InChI is InChI=1S/C18H16ClF3N4O/c1-8(2)9(3)24-15-14(13-11(21)6-10(20)7-12(13)22)17(19)25-18-16(15)23-4-5-26(18)27/h4-9,27H,1-3H3. The largest absolute Gasteiger partial charge is 0.427 e. The van der Waals surface area contributed by atoms with Crippen LogP contribution in [-0.2, 0) is 0 Å². The van der Waals surface area contributed by atoms with Crippen LogP contribution in [-0.4, -0.2) is 25.9 Å². The summed E-state index contributed by atoms with van der Waals surface area (Å²) in [6, 6.07) is 0.851. The molecule has 142 valence electrons. The van der Waals surface area contributed by atoms with E-state index in [4.69, 9.17) is 11.6 Å². The minimum atomic E-state index is -1.14. The molecule has 0 amide bonds. The summed E-state index contributed by atoms with van der Waals surface area (Å²) in [7, 11) is 0. The van der Waals surface area contributed by atoms with Gasteiger partial charge in [-0.2, -0.15) is 4.73 Å². The van der Waals surface area contributed by atoms with Gasteiger partial charge >= 0.3 is 0 Å². The molecule has 9 heteroatoms. The molecule has 0 radical (unpaired) electrons. The SMILES string of the molecule is CC(C)C(C)N=c1c2nccn(O)c-2nc(Cl)c1-c1c(F)cc(F)cc1F. The van der Waals surface area contributed by atoms with Crippen LogP contribution in [0.4, 0.5) is 13.2 Å². The summed E-state index contributed by atoms with van der Waals surface area (Å²) in [5.41, 5.74) is -0.596. The van der Waals surface area contributed by atoms with Crippen LogP contribution in [0.2, 0.25) is 5.15 Å². The van der Waals surface area contributed by atoms with Crippen molar-refractivity contribution in [2.45, 2.75) is 26.8 Å². The molecule has 1 atom stereocenters. The van der Waals surface area contributed by atoms with E-state index < -0.39 is 23.0 Å². The zero-order valence-electron chi connectivity index (χ0n) is 14.7. The Morgan fingerprint density at radius 2 is 1.74 bits per heavy atom. The van der Waals surface area contributed by atoms with E-state index in [0.29, 0.717) is 16.9 Å². The van der Waals surface area contributed by atoms with Crippen molar-refractivity contribution in [1.29, 1.82) is 0 Å². The Balaban J connectivity index is 2.50. The molecule has 0 saturated carbocycles. The summed E-state index contributed by atoms with van der Waals surface area (Å²) in [5, 5.41) is 9.76. The third-order valence-electron chi connectivity index (χ3n) is 4.27. The lowest BCUT2D eigenvalue weighted by molar-refractivity contribution is 0.185. The van der Waals surface area contributed by atoms with Crippen LogP contribution in [0, 0.1) is 23.4 Å². The van der Waals surface area contributed by atoms with Crippen LogP contribution in [0.1, 0.15) is 20.8 Å². The van der Waals surface area contributed by atoms with Crippen LogP contribution in [0.3, 0.4) is 0 Å². The number of fused-ring (bicyclic) bond motifs is 1. The predicted octanol–water partition coefficient (Wildman–Crippen LogP) is 4.30. The summed E-state index contributed by atoms with van der Waals surface area (Å²) >= 11 is 6.21. The summed E-state index contributed by atoms with van der Waals surface area (Å²) in [5.74, 6) is -3.26. The molecule has 0 aliphatic carbocycles. The predicted molar refractivity (Wildman–Crippen MR) is 94.0 cm³/mol. The van der Waals surface area contributed by atoms with Gasteiger partial charge in [0, 0.05) is 18.3 Å². The first-order valence-corrected chi connectivity index (χ1v) is 8.53. The van der Waals surface area contributed by atoms with Gasteiger partial charge in [-0.1, -0.05) is 25.4 Å². The second-order valence-corrected chi connectivity index (χ2v) is 6.79. The van der Waals surface area contributed by atoms with Crippen LogP contribution < -0.4 is 5.36 Å². The zero-order chi connectivity index (χ0) is 19.9. The van der Waals surface area contributed by atoms with Crippen LogP contribution in [0.25, 0.3) is 22.6 Å². The van der Waals surface area contributed by atoms with Gasteiger partial charge in [-0.3, -0.25) is 4.99 Å². The molecular weight excluding hydrogens is 381 g/mol. The first kappa shape index (κ1) is 19.2. The summed E-state index contributed by atoms with van der Waals surface area (Å²) in [4.78, 5) is 12.7. The monoisotopic (exact) mass is 396 g/mol. The molecule has 2 heterocycles. The number of hydrogen-bond acceptors (Lipinski definition) is 4. The highest BCUT2D eigenvalue weighted by Gasteiger charge is 2.25. The molecule has 1 unspecified atom stereocenters. The maximum atomic E-state index is 14.4. The van der Waals surface area contributed by atoms with Crippen molar-refractivity contribution in [3.63, 3.8) is 0 Å². The van der Waals surface area contributed by atoms with Crippen molar-refractivity contribution in [3.05, 3.63) is 52.5 Å². The van der Waals surface area contributed by atoms with Crippen LogP contribution in [0.5, 0.6) is 0 Å². The number of aromatic nitrogens is 3. The van der Waals surface area contributed by atoms with Crippen LogP contribution >= 0.6 is 11.6 Å². The maximum Gasteiger partial charge on any atom is 0.197 e. The molecule has 0 aromatic heterocycles. The van der Waals surface area contributed by atoms with Crippen molar-refractivity contribution in [1.82, 2.24) is 14.7 Å². The second-order valence-electron chi connectivity index (χ2n) is 6.43. The van der Waals surface area contributed by atoms with Gasteiger partial charge in [0.2, 0.25) is 0 Å². The number of benzene rings is 1. The quantitative estimate of drug-likeness (QED) is 0.530. The molecule has 1 aromatic rings. The van der Waals surface area contributed by atoms with E-state index >= 15 is 0 Å². The lowest BCUT2D eigenvalue weighted by atomic mass is 10.0. The van der Waals surface area contributed by atoms with E-state index in [9.17, 15) is 18.4 Å². The highest BCUT2D eigenvalue weighted by Crippen LogP contribution is 2.32. The Bertz CT molecular complexity index is 1030. The van der Waals surface area contributed by atoms with E-state index in [-0.39, 0.29) is 39.6 Å². The summed E-state index contributed by atoms with van der Waals surface area (Å²) in [6.07, 6.45) is 2.53. The summed E-state index contributed by atoms with van der Waals surface area (Å²) < 4.78 is 42.9. The number of pyridine rings is 1. The molecular formula is C18H16ClF3N4O. The van der Waals surface area contributed by atoms with Crippen molar-refractivity contribution in [2.75, 3.05) is 0 Å². The number of hydrogen-bond donors (Lipinski definition) is 1. The second kappa shape index (κ2) is 7.19. The smallest absolute Gasteiger partial charge is 0.197 e. The minimum absolute atomic E-state index is 0.0242. The first-order chi connectivity index (χ1) is 12.7. The molecule has 0 saturated heterocycles. The van der Waals surface area contributed by atoms with Gasteiger partial charge in [-0.05, 0) is 12.8 Å². The lowest BCUT2D eigenvalue weighted by Gasteiger charge is -2.16. The Morgan fingerprint density at radius 1 is 1.11 bits per heavy atom. The first-order valence-electron chi connectivity index (χ1n) is 8.15. The average Bonchev–Trinajstić information content (AvgIpc) is 2.57. The summed E-state index contributed by atoms with van der Waals surface area (Å²) in [6.45, 7) is 5.68. The van der Waals surface area contributed by atoms with E-state index in [1.807, 2.05) is 20.8 Å². The average molecular weight is 397 g/mol. The molecule has 0 fully saturated rings. The third-order valence-corrected chi connectivity index (χ3v) is 4.54. The number of rotatable bonds is 3. The van der Waals surface area contributed by atoms with Crippen LogP contribution in [0.15, 0.2) is 29.5 Å².